The van der Waals surface area contributed by atoms with Gasteiger partial charge in [0.2, 0.25) is 0 Å². The van der Waals surface area contributed by atoms with Crippen LogP contribution >= 0.6 is 22.7 Å². The van der Waals surface area contributed by atoms with Gasteiger partial charge in [-0.3, -0.25) is 4.90 Å². The molecule has 3 heterocycles. The van der Waals surface area contributed by atoms with Crippen LogP contribution in [0.3, 0.4) is 0 Å². The molecule has 0 aromatic carbocycles. The summed E-state index contributed by atoms with van der Waals surface area (Å²) in [5.74, 6) is 1.14. The van der Waals surface area contributed by atoms with Gasteiger partial charge in [0, 0.05) is 36.4 Å². The van der Waals surface area contributed by atoms with Gasteiger partial charge in [0.05, 0.1) is 6.54 Å². The third-order valence-corrected chi connectivity index (χ3v) is 6.37. The van der Waals surface area contributed by atoms with Crippen LogP contribution in [0.4, 0.5) is 13.2 Å². The molecule has 1 atom stereocenters. The fraction of sp³-hybridized carbons (Fsp3) is 0.579. The molecule has 1 unspecified atom stereocenters. The summed E-state index contributed by atoms with van der Waals surface area (Å²) >= 11 is 2.77. The van der Waals surface area contributed by atoms with Crippen LogP contribution in [-0.2, 0) is 19.3 Å². The molecule has 0 radical (unpaired) electrons. The van der Waals surface area contributed by atoms with E-state index in [4.69, 9.17) is 0 Å². The summed E-state index contributed by atoms with van der Waals surface area (Å²) in [4.78, 5) is 11.9. The van der Waals surface area contributed by atoms with Gasteiger partial charge in [0.25, 0.3) is 0 Å². The predicted octanol–water partition coefficient (Wildman–Crippen LogP) is 4.19. The third-order valence-electron chi connectivity index (χ3n) is 4.68. The van der Waals surface area contributed by atoms with Crippen molar-refractivity contribution in [2.75, 3.05) is 26.2 Å². The molecule has 2 aromatic heterocycles. The van der Waals surface area contributed by atoms with Gasteiger partial charge >= 0.3 is 6.18 Å². The van der Waals surface area contributed by atoms with Gasteiger partial charge in [-0.2, -0.15) is 13.2 Å². The number of hydrogen-bond acceptors (Lipinski definition) is 5. The monoisotopic (exact) mass is 445 g/mol. The van der Waals surface area contributed by atoms with Crippen molar-refractivity contribution in [3.05, 3.63) is 38.5 Å². The van der Waals surface area contributed by atoms with Gasteiger partial charge in [-0.05, 0) is 43.7 Å². The molecule has 0 bridgehead atoms. The molecule has 160 valence electrons. The van der Waals surface area contributed by atoms with Crippen molar-refractivity contribution in [3.8, 4) is 0 Å². The highest BCUT2D eigenvalue weighted by molar-refractivity contribution is 7.10. The Morgan fingerprint density at radius 2 is 2.21 bits per heavy atom. The Morgan fingerprint density at radius 3 is 2.90 bits per heavy atom. The molecule has 0 spiro atoms. The fourth-order valence-corrected chi connectivity index (χ4v) is 4.80. The zero-order chi connectivity index (χ0) is 20.7. The zero-order valence-corrected chi connectivity index (χ0v) is 18.0. The zero-order valence-electron chi connectivity index (χ0n) is 16.3. The number of aromatic nitrogens is 1. The van der Waals surface area contributed by atoms with Crippen LogP contribution in [0.2, 0.25) is 0 Å². The molecule has 1 saturated heterocycles. The van der Waals surface area contributed by atoms with Crippen molar-refractivity contribution in [3.63, 3.8) is 0 Å². The van der Waals surface area contributed by atoms with E-state index < -0.39 is 11.9 Å². The first-order chi connectivity index (χ1) is 13.9. The van der Waals surface area contributed by atoms with E-state index in [0.717, 1.165) is 49.3 Å². The van der Waals surface area contributed by atoms with Gasteiger partial charge in [-0.15, -0.1) is 22.7 Å². The number of alkyl halides is 3. The molecule has 1 fully saturated rings. The SMILES string of the molecule is CCNC(=NCc1nc(C(F)(F)F)cs1)NCC1CCCN(Cc2cccs2)C1. The molecule has 29 heavy (non-hydrogen) atoms. The van der Waals surface area contributed by atoms with Gasteiger partial charge in [-0.25, -0.2) is 9.98 Å². The Kier molecular flexibility index (Phi) is 7.91. The molecule has 10 heteroatoms. The topological polar surface area (TPSA) is 52.6 Å². The minimum atomic E-state index is -4.41. The second-order valence-electron chi connectivity index (χ2n) is 7.02. The van der Waals surface area contributed by atoms with E-state index in [1.54, 1.807) is 11.3 Å². The molecule has 2 aromatic rings. The molecule has 0 aliphatic carbocycles. The highest BCUT2D eigenvalue weighted by Crippen LogP contribution is 2.30. The molecule has 0 amide bonds. The average Bonchev–Trinajstić information content (AvgIpc) is 3.36. The van der Waals surface area contributed by atoms with Crippen molar-refractivity contribution in [2.24, 2.45) is 10.9 Å². The lowest BCUT2D eigenvalue weighted by molar-refractivity contribution is -0.140. The highest BCUT2D eigenvalue weighted by Gasteiger charge is 2.33. The number of likely N-dealkylation sites (tertiary alicyclic amines) is 1. The first kappa shape index (κ1) is 22.0. The van der Waals surface area contributed by atoms with E-state index in [9.17, 15) is 13.2 Å². The van der Waals surface area contributed by atoms with E-state index >= 15 is 0 Å². The normalized spacial score (nSPS) is 18.8. The third kappa shape index (κ3) is 6.97. The Balaban J connectivity index is 1.50. The Morgan fingerprint density at radius 1 is 1.34 bits per heavy atom. The van der Waals surface area contributed by atoms with Crippen LogP contribution in [-0.4, -0.2) is 42.0 Å². The van der Waals surface area contributed by atoms with Gasteiger partial charge in [-0.1, -0.05) is 6.07 Å². The first-order valence-corrected chi connectivity index (χ1v) is 11.5. The number of halogens is 3. The molecule has 1 aliphatic heterocycles. The second kappa shape index (κ2) is 10.4. The van der Waals surface area contributed by atoms with Gasteiger partial charge < -0.3 is 10.6 Å². The summed E-state index contributed by atoms with van der Waals surface area (Å²) in [6, 6.07) is 4.26. The van der Waals surface area contributed by atoms with Crippen LogP contribution in [0.25, 0.3) is 0 Å². The summed E-state index contributed by atoms with van der Waals surface area (Å²) in [7, 11) is 0. The second-order valence-corrected chi connectivity index (χ2v) is 9.00. The maximum atomic E-state index is 12.7. The molecule has 1 aliphatic rings. The highest BCUT2D eigenvalue weighted by atomic mass is 32.1. The van der Waals surface area contributed by atoms with Gasteiger partial charge in [0.1, 0.15) is 5.01 Å². The van der Waals surface area contributed by atoms with Crippen LogP contribution in [0.15, 0.2) is 27.9 Å². The quantitative estimate of drug-likeness (QED) is 0.496. The number of nitrogens with zero attached hydrogens (tertiary/aromatic N) is 3. The molecule has 0 saturated carbocycles. The number of aliphatic imine (C=N–C) groups is 1. The predicted molar refractivity (Wildman–Crippen MR) is 112 cm³/mol. The van der Waals surface area contributed by atoms with E-state index in [0.29, 0.717) is 23.4 Å². The Bertz CT molecular complexity index is 773. The largest absolute Gasteiger partial charge is 0.434 e. The van der Waals surface area contributed by atoms with Crippen LogP contribution < -0.4 is 10.6 Å². The number of nitrogens with one attached hydrogen (secondary N) is 2. The summed E-state index contributed by atoms with van der Waals surface area (Å²) in [6.07, 6.45) is -2.07. The smallest absolute Gasteiger partial charge is 0.357 e. The van der Waals surface area contributed by atoms with Crippen LogP contribution in [0.5, 0.6) is 0 Å². The van der Waals surface area contributed by atoms with Crippen molar-refractivity contribution < 1.29 is 13.2 Å². The standard InChI is InChI=1S/C19H26F3N5S2/c1-2-23-18(25-10-17-26-16(13-29-17)19(20,21)22)24-9-14-5-3-7-27(11-14)12-15-6-4-8-28-15/h4,6,8,13-14H,2-3,5,7,9-12H2,1H3,(H2,23,24,25). The molecular formula is C19H26F3N5S2. The van der Waals surface area contributed by atoms with Crippen LogP contribution in [0.1, 0.15) is 35.3 Å². The molecule has 3 rings (SSSR count). The number of guanidine groups is 1. The first-order valence-electron chi connectivity index (χ1n) is 9.72. The lowest BCUT2D eigenvalue weighted by Gasteiger charge is -2.32. The lowest BCUT2D eigenvalue weighted by Crippen LogP contribution is -2.44. The summed E-state index contributed by atoms with van der Waals surface area (Å²) in [5, 5.41) is 10.0. The van der Waals surface area contributed by atoms with Crippen molar-refractivity contribution in [1.82, 2.24) is 20.5 Å². The molecular weight excluding hydrogens is 419 g/mol. The van der Waals surface area contributed by atoms with E-state index in [-0.39, 0.29) is 6.54 Å². The minimum Gasteiger partial charge on any atom is -0.357 e. The van der Waals surface area contributed by atoms with E-state index in [2.05, 4.69) is 43.0 Å². The van der Waals surface area contributed by atoms with Crippen LogP contribution in [0, 0.1) is 5.92 Å². The fourth-order valence-electron chi connectivity index (χ4n) is 3.33. The number of rotatable bonds is 7. The number of thiazole rings is 1. The Labute approximate surface area is 177 Å². The number of piperidine rings is 1. The number of hydrogen-bond donors (Lipinski definition) is 2. The summed E-state index contributed by atoms with van der Waals surface area (Å²) in [6.45, 7) is 6.72. The minimum absolute atomic E-state index is 0.130. The number of thiophene rings is 1. The van der Waals surface area contributed by atoms with Crippen molar-refractivity contribution >= 4 is 28.6 Å². The maximum absolute atomic E-state index is 12.7. The summed E-state index contributed by atoms with van der Waals surface area (Å²) in [5.41, 5.74) is -0.848. The van der Waals surface area contributed by atoms with E-state index in [1.165, 1.54) is 11.3 Å². The maximum Gasteiger partial charge on any atom is 0.434 e. The molecule has 5 nitrogen and oxygen atoms in total. The van der Waals surface area contributed by atoms with Gasteiger partial charge in [0.15, 0.2) is 11.7 Å². The average molecular weight is 446 g/mol. The summed E-state index contributed by atoms with van der Waals surface area (Å²) < 4.78 is 38.0. The lowest BCUT2D eigenvalue weighted by atomic mass is 9.98. The van der Waals surface area contributed by atoms with Crippen molar-refractivity contribution in [1.29, 1.82) is 0 Å². The van der Waals surface area contributed by atoms with Crippen molar-refractivity contribution in [2.45, 2.75) is 39.0 Å². The molecule has 2 N–H and O–H groups in total. The van der Waals surface area contributed by atoms with E-state index in [1.807, 2.05) is 6.92 Å². The Hall–Kier alpha value is -1.65.